The summed E-state index contributed by atoms with van der Waals surface area (Å²) < 4.78 is 21.9. The molecule has 0 aliphatic carbocycles. The fraction of sp³-hybridized carbons (Fsp3) is 0.0417. The van der Waals surface area contributed by atoms with Crippen LogP contribution < -0.4 is 40.2 Å². The molecule has 2 N–H and O–H groups in total. The average molecular weight is 499 g/mol. The number of nitrogens with zero attached hydrogens (tertiary/aromatic N) is 2. The molecule has 0 bridgehead atoms. The maximum atomic E-state index is 15.0. The Hall–Kier alpha value is -3.37. The van der Waals surface area contributed by atoms with Crippen molar-refractivity contribution in [3.8, 4) is 11.1 Å². The van der Waals surface area contributed by atoms with Crippen LogP contribution in [0.2, 0.25) is 5.02 Å². The number of carbonyl (C=O) groups excluding carboxylic acids is 1. The zero-order valence-electron chi connectivity index (χ0n) is 18.2. The summed E-state index contributed by atoms with van der Waals surface area (Å²) in [6.07, 6.45) is 4.27. The van der Waals surface area contributed by atoms with Gasteiger partial charge in [-0.1, -0.05) is 11.6 Å². The number of halogens is 2. The van der Waals surface area contributed by atoms with E-state index in [0.717, 1.165) is 0 Å². The van der Waals surface area contributed by atoms with Gasteiger partial charge in [-0.15, -0.1) is 0 Å². The third-order valence-electron chi connectivity index (χ3n) is 5.91. The standard InChI is InChI=1S/C24H14ClFN4O4.Na/c25-14-7-17-16(28-10-29-17)6-11(14)9-30-18-8-15(26)12-3-5-34-22(12)20(18)19(21(30)24(32)33)13-2-1-4-27-23(13)31;/h1-8,10H,9H2,(H,27,31)(H,28,29)(H,32,33);/q;+1/p-1. The number of aromatic nitrogens is 4. The molecule has 35 heavy (non-hydrogen) atoms. The van der Waals surface area contributed by atoms with Crippen LogP contribution in [-0.2, 0) is 6.54 Å². The molecule has 0 saturated carbocycles. The van der Waals surface area contributed by atoms with Crippen molar-refractivity contribution in [2.75, 3.05) is 0 Å². The molecule has 6 rings (SSSR count). The molecule has 4 aromatic heterocycles. The quantitative estimate of drug-likeness (QED) is 0.349. The maximum Gasteiger partial charge on any atom is 1.00 e. The minimum atomic E-state index is -1.53. The summed E-state index contributed by atoms with van der Waals surface area (Å²) in [6.45, 7) is -0.0377. The Morgan fingerprint density at radius 2 is 2.06 bits per heavy atom. The molecule has 0 unspecified atom stereocenters. The van der Waals surface area contributed by atoms with Crippen molar-refractivity contribution < 1.29 is 48.3 Å². The smallest absolute Gasteiger partial charge is 0.543 e. The Bertz CT molecular complexity index is 1830. The van der Waals surface area contributed by atoms with Gasteiger partial charge in [-0.2, -0.15) is 0 Å². The molecule has 0 spiro atoms. The minimum Gasteiger partial charge on any atom is -0.543 e. The van der Waals surface area contributed by atoms with E-state index < -0.39 is 17.3 Å². The summed E-state index contributed by atoms with van der Waals surface area (Å²) in [6, 6.07) is 9.13. The molecule has 0 aliphatic heterocycles. The van der Waals surface area contributed by atoms with Crippen LogP contribution in [0.15, 0.2) is 64.4 Å². The number of nitrogens with one attached hydrogen (secondary N) is 2. The van der Waals surface area contributed by atoms with E-state index in [0.29, 0.717) is 21.6 Å². The number of H-pyrrole nitrogens is 2. The number of pyridine rings is 1. The number of aromatic carboxylic acids is 1. The second-order valence-corrected chi connectivity index (χ2v) is 8.20. The number of hydrogen-bond donors (Lipinski definition) is 2. The number of carbonyl (C=O) groups is 1. The number of hydrogen-bond acceptors (Lipinski definition) is 5. The number of furan rings is 1. The van der Waals surface area contributed by atoms with Gasteiger partial charge < -0.3 is 28.9 Å². The van der Waals surface area contributed by atoms with Crippen molar-refractivity contribution in [2.45, 2.75) is 6.54 Å². The predicted octanol–water partition coefficient (Wildman–Crippen LogP) is 0.827. The van der Waals surface area contributed by atoms with Gasteiger partial charge in [0.25, 0.3) is 5.56 Å². The molecule has 0 atom stereocenters. The minimum absolute atomic E-state index is 0. The van der Waals surface area contributed by atoms with Crippen LogP contribution in [0.5, 0.6) is 0 Å². The van der Waals surface area contributed by atoms with Crippen molar-refractivity contribution in [1.82, 2.24) is 19.5 Å². The number of carboxylic acid groups (broad SMARTS) is 1. The number of aromatic amines is 2. The van der Waals surface area contributed by atoms with E-state index in [1.807, 2.05) is 0 Å². The van der Waals surface area contributed by atoms with E-state index in [-0.39, 0.29) is 74.8 Å². The SMILES string of the molecule is O=C([O-])c1c(-c2ccc[nH]c2=O)c2c3occc3c(F)cc2n1Cc1cc2[nH]cnc2cc1Cl.[Na+]. The summed E-state index contributed by atoms with van der Waals surface area (Å²) in [5.74, 6) is -2.13. The Labute approximate surface area is 222 Å². The van der Waals surface area contributed by atoms with Gasteiger partial charge in [0, 0.05) is 28.9 Å². The van der Waals surface area contributed by atoms with E-state index in [2.05, 4.69) is 15.0 Å². The molecule has 6 aromatic rings. The molecule has 2 aromatic carbocycles. The molecular weight excluding hydrogens is 486 g/mol. The third kappa shape index (κ3) is 3.59. The van der Waals surface area contributed by atoms with Gasteiger partial charge in [0.15, 0.2) is 0 Å². The molecule has 0 saturated heterocycles. The van der Waals surface area contributed by atoms with Crippen LogP contribution in [0.25, 0.3) is 44.0 Å². The van der Waals surface area contributed by atoms with Gasteiger partial charge in [-0.25, -0.2) is 9.37 Å². The summed E-state index contributed by atoms with van der Waals surface area (Å²) in [5.41, 5.74) is 1.62. The van der Waals surface area contributed by atoms with Gasteiger partial charge in [0.2, 0.25) is 0 Å². The van der Waals surface area contributed by atoms with Crippen molar-refractivity contribution in [1.29, 1.82) is 0 Å². The van der Waals surface area contributed by atoms with Gasteiger partial charge in [0.1, 0.15) is 11.4 Å². The molecule has 0 amide bonds. The van der Waals surface area contributed by atoms with E-state index in [1.165, 1.54) is 41.6 Å². The Morgan fingerprint density at radius 1 is 1.23 bits per heavy atom. The fourth-order valence-corrected chi connectivity index (χ4v) is 4.67. The molecule has 11 heteroatoms. The zero-order valence-corrected chi connectivity index (χ0v) is 20.9. The van der Waals surface area contributed by atoms with Gasteiger partial charge in [0.05, 0.1) is 51.6 Å². The fourth-order valence-electron chi connectivity index (χ4n) is 4.46. The van der Waals surface area contributed by atoms with Crippen LogP contribution in [0.3, 0.4) is 0 Å². The van der Waals surface area contributed by atoms with E-state index in [9.17, 15) is 19.1 Å². The average Bonchev–Trinajstić information content (AvgIpc) is 3.52. The number of rotatable bonds is 4. The summed E-state index contributed by atoms with van der Waals surface area (Å²) in [5, 5.41) is 13.3. The van der Waals surface area contributed by atoms with Gasteiger partial charge in [-0.3, -0.25) is 4.79 Å². The van der Waals surface area contributed by atoms with Crippen LogP contribution in [-0.4, -0.2) is 25.5 Å². The molecule has 4 heterocycles. The first-order valence-electron chi connectivity index (χ1n) is 10.2. The van der Waals surface area contributed by atoms with E-state index >= 15 is 0 Å². The maximum absolute atomic E-state index is 15.0. The number of imidazole rings is 1. The van der Waals surface area contributed by atoms with E-state index in [4.69, 9.17) is 16.0 Å². The van der Waals surface area contributed by atoms with Crippen LogP contribution in [0.4, 0.5) is 4.39 Å². The second kappa shape index (κ2) is 8.69. The molecule has 0 fully saturated rings. The van der Waals surface area contributed by atoms with Crippen molar-refractivity contribution in [3.63, 3.8) is 0 Å². The van der Waals surface area contributed by atoms with Crippen molar-refractivity contribution in [3.05, 3.63) is 87.6 Å². The van der Waals surface area contributed by atoms with Crippen molar-refractivity contribution >= 4 is 50.5 Å². The topological polar surface area (TPSA) is 120 Å². The van der Waals surface area contributed by atoms with Crippen LogP contribution in [0, 0.1) is 5.82 Å². The third-order valence-corrected chi connectivity index (χ3v) is 6.27. The Balaban J connectivity index is 0.00000253. The first kappa shape index (κ1) is 23.4. The molecule has 0 aliphatic rings. The first-order valence-corrected chi connectivity index (χ1v) is 10.5. The molecule has 8 nitrogen and oxygen atoms in total. The molecule has 0 radical (unpaired) electrons. The summed E-state index contributed by atoms with van der Waals surface area (Å²) in [7, 11) is 0. The number of benzene rings is 2. The summed E-state index contributed by atoms with van der Waals surface area (Å²) >= 11 is 6.47. The second-order valence-electron chi connectivity index (χ2n) is 7.79. The monoisotopic (exact) mass is 498 g/mol. The normalized spacial score (nSPS) is 11.4. The van der Waals surface area contributed by atoms with Crippen LogP contribution >= 0.6 is 11.6 Å². The number of carboxylic acids is 1. The van der Waals surface area contributed by atoms with Gasteiger partial charge >= 0.3 is 29.6 Å². The largest absolute Gasteiger partial charge is 1.00 e. The van der Waals surface area contributed by atoms with Crippen molar-refractivity contribution in [2.24, 2.45) is 0 Å². The Morgan fingerprint density at radius 3 is 2.83 bits per heavy atom. The van der Waals surface area contributed by atoms with E-state index in [1.54, 1.807) is 18.2 Å². The first-order chi connectivity index (χ1) is 16.4. The Kier molecular flexibility index (Phi) is 5.80. The summed E-state index contributed by atoms with van der Waals surface area (Å²) in [4.78, 5) is 34.9. The molecule has 168 valence electrons. The number of fused-ring (bicyclic) bond motifs is 4. The van der Waals surface area contributed by atoms with Gasteiger partial charge in [-0.05, 0) is 42.0 Å². The zero-order chi connectivity index (χ0) is 23.6. The van der Waals surface area contributed by atoms with Crippen LogP contribution in [0.1, 0.15) is 16.1 Å². The predicted molar refractivity (Wildman–Crippen MR) is 122 cm³/mol. The molecular formula is C24H13ClFN4NaO4.